The van der Waals surface area contributed by atoms with Gasteiger partial charge in [-0.25, -0.2) is 4.68 Å². The van der Waals surface area contributed by atoms with E-state index in [4.69, 9.17) is 11.6 Å². The summed E-state index contributed by atoms with van der Waals surface area (Å²) >= 11 is 6.01. The molecule has 1 saturated carbocycles. The molecule has 2 fully saturated rings. The fraction of sp³-hybridized carbons (Fsp3) is 0.500. The Hall–Kier alpha value is -2.34. The van der Waals surface area contributed by atoms with E-state index < -0.39 is 0 Å². The topological polar surface area (TPSA) is 67.2 Å². The van der Waals surface area contributed by atoms with E-state index in [2.05, 4.69) is 24.3 Å². The number of carbonyl (C=O) groups is 2. The summed E-state index contributed by atoms with van der Waals surface area (Å²) in [6, 6.07) is 7.78. The molecule has 4 rings (SSSR count). The molecule has 1 aromatic heterocycles. The molecule has 2 amide bonds. The molecule has 1 saturated heterocycles. The number of hydrogen-bond acceptors (Lipinski definition) is 3. The first-order valence-electron chi connectivity index (χ1n) is 10.4. The van der Waals surface area contributed by atoms with Gasteiger partial charge in [0.15, 0.2) is 0 Å². The summed E-state index contributed by atoms with van der Waals surface area (Å²) in [6.45, 7) is 5.27. The van der Waals surface area contributed by atoms with Crippen LogP contribution in [0.5, 0.6) is 0 Å². The van der Waals surface area contributed by atoms with Crippen molar-refractivity contribution in [2.75, 3.05) is 13.1 Å². The van der Waals surface area contributed by atoms with Gasteiger partial charge >= 0.3 is 0 Å². The minimum atomic E-state index is -0.123. The second-order valence-corrected chi connectivity index (χ2v) is 8.80. The van der Waals surface area contributed by atoms with E-state index in [1.165, 1.54) is 0 Å². The number of aromatic nitrogens is 2. The van der Waals surface area contributed by atoms with Gasteiger partial charge in [-0.3, -0.25) is 9.59 Å². The summed E-state index contributed by atoms with van der Waals surface area (Å²) in [5.74, 6) is 0.0387. The van der Waals surface area contributed by atoms with E-state index in [1.807, 2.05) is 33.8 Å². The Balaban J connectivity index is 1.56. The Morgan fingerprint density at radius 3 is 2.55 bits per heavy atom. The Morgan fingerprint density at radius 2 is 1.90 bits per heavy atom. The predicted molar refractivity (Wildman–Crippen MR) is 112 cm³/mol. The lowest BCUT2D eigenvalue weighted by Crippen LogP contribution is -2.46. The number of likely N-dealkylation sites (tertiary alicyclic amines) is 1. The van der Waals surface area contributed by atoms with Crippen molar-refractivity contribution < 1.29 is 9.59 Å². The number of amides is 2. The third-order valence-corrected chi connectivity index (χ3v) is 5.91. The van der Waals surface area contributed by atoms with Crippen LogP contribution in [0.25, 0.3) is 5.69 Å². The van der Waals surface area contributed by atoms with Crippen molar-refractivity contribution in [2.24, 2.45) is 5.92 Å². The van der Waals surface area contributed by atoms with Crippen LogP contribution < -0.4 is 5.32 Å². The number of piperidine rings is 1. The van der Waals surface area contributed by atoms with E-state index in [0.717, 1.165) is 37.1 Å². The summed E-state index contributed by atoms with van der Waals surface area (Å²) in [4.78, 5) is 27.6. The normalized spacial score (nSPS) is 19.4. The van der Waals surface area contributed by atoms with E-state index in [9.17, 15) is 9.59 Å². The minimum absolute atomic E-state index is 0.0437. The molecule has 0 bridgehead atoms. The lowest BCUT2D eigenvalue weighted by molar-refractivity contribution is -0.126. The number of hydrogen-bond donors (Lipinski definition) is 1. The second-order valence-electron chi connectivity index (χ2n) is 8.36. The minimum Gasteiger partial charge on any atom is -0.353 e. The molecule has 2 aromatic rings. The van der Waals surface area contributed by atoms with Gasteiger partial charge in [-0.05, 0) is 55.9 Å². The zero-order valence-corrected chi connectivity index (χ0v) is 17.7. The van der Waals surface area contributed by atoms with Crippen LogP contribution in [0, 0.1) is 5.92 Å². The number of nitrogens with one attached hydrogen (secondary N) is 1. The van der Waals surface area contributed by atoms with E-state index in [-0.39, 0.29) is 23.7 Å². The molecule has 0 radical (unpaired) electrons. The molecule has 6 nitrogen and oxygen atoms in total. The van der Waals surface area contributed by atoms with Gasteiger partial charge in [0.2, 0.25) is 5.91 Å². The van der Waals surface area contributed by atoms with Gasteiger partial charge in [-0.1, -0.05) is 25.4 Å². The third-order valence-electron chi connectivity index (χ3n) is 5.66. The first-order valence-corrected chi connectivity index (χ1v) is 10.8. The standard InChI is InChI=1S/C22H27ClN4O2/c1-14(2)20-19(12-24-27(20)18-9-5-16(23)6-10-18)22(29)26-11-3-4-15(13-26)21(28)25-17-7-8-17/h5-6,9-10,12,14-15,17H,3-4,7-8,11,13H2,1-2H3,(H,25,28). The van der Waals surface area contributed by atoms with Crippen LogP contribution in [0.2, 0.25) is 5.02 Å². The SMILES string of the molecule is CC(C)c1c(C(=O)N2CCCC(C(=O)NC3CC3)C2)cnn1-c1ccc(Cl)cc1. The quantitative estimate of drug-likeness (QED) is 0.809. The highest BCUT2D eigenvalue weighted by Crippen LogP contribution is 2.27. The molecule has 154 valence electrons. The predicted octanol–water partition coefficient (Wildman–Crippen LogP) is 3.78. The number of carbonyl (C=O) groups excluding carboxylic acids is 2. The fourth-order valence-corrected chi connectivity index (χ4v) is 4.08. The van der Waals surface area contributed by atoms with Gasteiger partial charge in [0, 0.05) is 24.2 Å². The second kappa shape index (κ2) is 8.19. The highest BCUT2D eigenvalue weighted by molar-refractivity contribution is 6.30. The first-order chi connectivity index (χ1) is 13.9. The van der Waals surface area contributed by atoms with Crippen molar-refractivity contribution >= 4 is 23.4 Å². The highest BCUT2D eigenvalue weighted by atomic mass is 35.5. The zero-order chi connectivity index (χ0) is 20.5. The van der Waals surface area contributed by atoms with Crippen LogP contribution in [-0.2, 0) is 4.79 Å². The van der Waals surface area contributed by atoms with Crippen LogP contribution in [-0.4, -0.2) is 45.6 Å². The van der Waals surface area contributed by atoms with E-state index in [1.54, 1.807) is 6.20 Å². The maximum atomic E-state index is 13.3. The summed E-state index contributed by atoms with van der Waals surface area (Å²) in [5, 5.41) is 8.24. The van der Waals surface area contributed by atoms with Crippen LogP contribution >= 0.6 is 11.6 Å². The molecule has 1 aliphatic heterocycles. The molecule has 1 unspecified atom stereocenters. The van der Waals surface area contributed by atoms with Gasteiger partial charge in [0.1, 0.15) is 0 Å². The molecule has 1 atom stereocenters. The maximum Gasteiger partial charge on any atom is 0.257 e. The Morgan fingerprint density at radius 1 is 1.17 bits per heavy atom. The van der Waals surface area contributed by atoms with Crippen LogP contribution in [0.15, 0.2) is 30.5 Å². The summed E-state index contributed by atoms with van der Waals surface area (Å²) < 4.78 is 1.81. The van der Waals surface area contributed by atoms with Crippen molar-refractivity contribution in [1.82, 2.24) is 20.0 Å². The number of benzene rings is 1. The Kier molecular flexibility index (Phi) is 5.63. The van der Waals surface area contributed by atoms with Crippen molar-refractivity contribution in [3.8, 4) is 5.69 Å². The van der Waals surface area contributed by atoms with Gasteiger partial charge in [0.05, 0.1) is 29.1 Å². The summed E-state index contributed by atoms with van der Waals surface area (Å²) in [6.07, 6.45) is 5.48. The van der Waals surface area contributed by atoms with Crippen molar-refractivity contribution in [3.63, 3.8) is 0 Å². The summed E-state index contributed by atoms with van der Waals surface area (Å²) in [5.41, 5.74) is 2.36. The highest BCUT2D eigenvalue weighted by Gasteiger charge is 2.33. The molecular formula is C22H27ClN4O2. The Labute approximate surface area is 176 Å². The molecule has 1 aromatic carbocycles. The first kappa shape index (κ1) is 20.0. The van der Waals surface area contributed by atoms with Gasteiger partial charge in [-0.15, -0.1) is 0 Å². The molecule has 1 N–H and O–H groups in total. The molecule has 0 spiro atoms. The zero-order valence-electron chi connectivity index (χ0n) is 16.9. The molecule has 1 aliphatic carbocycles. The van der Waals surface area contributed by atoms with Crippen molar-refractivity contribution in [3.05, 3.63) is 46.7 Å². The van der Waals surface area contributed by atoms with Gasteiger partial charge in [0.25, 0.3) is 5.91 Å². The molecular weight excluding hydrogens is 388 g/mol. The number of nitrogens with zero attached hydrogens (tertiary/aromatic N) is 3. The van der Waals surface area contributed by atoms with Crippen LogP contribution in [0.3, 0.4) is 0 Å². The largest absolute Gasteiger partial charge is 0.353 e. The molecule has 2 aliphatic rings. The van der Waals surface area contributed by atoms with Crippen LogP contribution in [0.1, 0.15) is 61.5 Å². The smallest absolute Gasteiger partial charge is 0.257 e. The maximum absolute atomic E-state index is 13.3. The van der Waals surface area contributed by atoms with Crippen LogP contribution in [0.4, 0.5) is 0 Å². The number of rotatable bonds is 5. The summed E-state index contributed by atoms with van der Waals surface area (Å²) in [7, 11) is 0. The average Bonchev–Trinajstić information content (AvgIpc) is 3.42. The van der Waals surface area contributed by atoms with Gasteiger partial charge < -0.3 is 10.2 Å². The van der Waals surface area contributed by atoms with E-state index >= 15 is 0 Å². The van der Waals surface area contributed by atoms with Crippen molar-refractivity contribution in [2.45, 2.75) is 51.5 Å². The monoisotopic (exact) mass is 414 g/mol. The molecule has 2 heterocycles. The van der Waals surface area contributed by atoms with Crippen molar-refractivity contribution in [1.29, 1.82) is 0 Å². The van der Waals surface area contributed by atoms with E-state index in [0.29, 0.717) is 29.7 Å². The third kappa shape index (κ3) is 4.32. The average molecular weight is 415 g/mol. The molecule has 29 heavy (non-hydrogen) atoms. The van der Waals surface area contributed by atoms with Gasteiger partial charge in [-0.2, -0.15) is 5.10 Å². The number of halogens is 1. The lowest BCUT2D eigenvalue weighted by Gasteiger charge is -2.32. The fourth-order valence-electron chi connectivity index (χ4n) is 3.96. The lowest BCUT2D eigenvalue weighted by atomic mass is 9.96. The Bertz CT molecular complexity index is 902. The molecule has 7 heteroatoms.